The molecule has 0 unspecified atom stereocenters. The number of amides is 1. The number of benzene rings is 1. The Bertz CT molecular complexity index is 812. The van der Waals surface area contributed by atoms with E-state index < -0.39 is 0 Å². The topological polar surface area (TPSA) is 59.8 Å². The van der Waals surface area contributed by atoms with Crippen molar-refractivity contribution in [2.75, 3.05) is 5.32 Å². The molecule has 0 aliphatic rings. The summed E-state index contributed by atoms with van der Waals surface area (Å²) in [5, 5.41) is 13.7. The summed E-state index contributed by atoms with van der Waals surface area (Å²) in [7, 11) is 0. The zero-order valence-electron chi connectivity index (χ0n) is 14.2. The number of thioether (sulfide) groups is 1. The molecule has 0 bridgehead atoms. The van der Waals surface area contributed by atoms with E-state index in [0.717, 1.165) is 23.8 Å². The number of nitrogens with zero attached hydrogens (tertiary/aromatic N) is 3. The summed E-state index contributed by atoms with van der Waals surface area (Å²) in [5.41, 5.74) is 1.97. The van der Waals surface area contributed by atoms with Gasteiger partial charge in [-0.25, -0.2) is 0 Å². The Kier molecular flexibility index (Phi) is 5.88. The Morgan fingerprint density at radius 1 is 1.32 bits per heavy atom. The van der Waals surface area contributed by atoms with Crippen molar-refractivity contribution in [1.82, 2.24) is 14.8 Å². The normalized spacial score (nSPS) is 12.1. The standard InChI is InChI=1S/C18H20N4OS2/c1-13-5-7-15(8-6-13)20-17(23)14(2)25-18-21-19-12-22(18)10-9-16-4-3-11-24-16/h3-8,11-12,14H,9-10H2,1-2H3,(H,20,23)/t14-/m0/s1. The lowest BCUT2D eigenvalue weighted by Gasteiger charge is -2.12. The molecule has 0 aliphatic heterocycles. The Morgan fingerprint density at radius 3 is 2.84 bits per heavy atom. The third-order valence-electron chi connectivity index (χ3n) is 3.73. The smallest absolute Gasteiger partial charge is 0.237 e. The van der Waals surface area contributed by atoms with E-state index in [9.17, 15) is 4.79 Å². The van der Waals surface area contributed by atoms with E-state index in [1.54, 1.807) is 17.7 Å². The molecule has 0 fully saturated rings. The van der Waals surface area contributed by atoms with Crippen LogP contribution < -0.4 is 5.32 Å². The molecule has 0 aliphatic carbocycles. The van der Waals surface area contributed by atoms with Gasteiger partial charge in [0.15, 0.2) is 5.16 Å². The van der Waals surface area contributed by atoms with Gasteiger partial charge in [0.25, 0.3) is 0 Å². The highest BCUT2D eigenvalue weighted by Gasteiger charge is 2.18. The largest absolute Gasteiger partial charge is 0.325 e. The van der Waals surface area contributed by atoms with Crippen LogP contribution in [0.2, 0.25) is 0 Å². The molecule has 0 saturated heterocycles. The maximum absolute atomic E-state index is 12.4. The van der Waals surface area contributed by atoms with Gasteiger partial charge in [-0.1, -0.05) is 35.5 Å². The van der Waals surface area contributed by atoms with Gasteiger partial charge in [0.2, 0.25) is 5.91 Å². The van der Waals surface area contributed by atoms with Gasteiger partial charge in [0.05, 0.1) is 5.25 Å². The lowest BCUT2D eigenvalue weighted by molar-refractivity contribution is -0.115. The fourth-order valence-electron chi connectivity index (χ4n) is 2.27. The summed E-state index contributed by atoms with van der Waals surface area (Å²) in [4.78, 5) is 13.7. The second kappa shape index (κ2) is 8.31. The zero-order valence-corrected chi connectivity index (χ0v) is 15.8. The molecule has 0 spiro atoms. The number of carbonyl (C=O) groups is 1. The summed E-state index contributed by atoms with van der Waals surface area (Å²) < 4.78 is 2.00. The first-order valence-electron chi connectivity index (χ1n) is 8.06. The lowest BCUT2D eigenvalue weighted by atomic mass is 10.2. The summed E-state index contributed by atoms with van der Waals surface area (Å²) in [6, 6.07) is 12.0. The van der Waals surface area contributed by atoms with Crippen LogP contribution >= 0.6 is 23.1 Å². The minimum atomic E-state index is -0.258. The molecule has 3 aromatic rings. The molecular formula is C18H20N4OS2. The van der Waals surface area contributed by atoms with Crippen LogP contribution in [0.15, 0.2) is 53.3 Å². The van der Waals surface area contributed by atoms with Crippen molar-refractivity contribution in [3.8, 4) is 0 Å². The molecule has 130 valence electrons. The van der Waals surface area contributed by atoms with Crippen LogP contribution in [-0.2, 0) is 17.8 Å². The van der Waals surface area contributed by atoms with E-state index in [-0.39, 0.29) is 11.2 Å². The summed E-state index contributed by atoms with van der Waals surface area (Å²) in [6.07, 6.45) is 2.66. The van der Waals surface area contributed by atoms with Crippen LogP contribution in [0.1, 0.15) is 17.4 Å². The van der Waals surface area contributed by atoms with Gasteiger partial charge in [-0.05, 0) is 43.8 Å². The number of rotatable bonds is 7. The van der Waals surface area contributed by atoms with E-state index in [4.69, 9.17) is 0 Å². The maximum atomic E-state index is 12.4. The number of aromatic nitrogens is 3. The molecule has 0 saturated carbocycles. The fraction of sp³-hybridized carbons (Fsp3) is 0.278. The number of carbonyl (C=O) groups excluding carboxylic acids is 1. The molecule has 1 amide bonds. The molecule has 2 heterocycles. The zero-order chi connectivity index (χ0) is 17.6. The first-order chi connectivity index (χ1) is 12.1. The molecule has 0 radical (unpaired) electrons. The van der Waals surface area contributed by atoms with Gasteiger partial charge in [-0.3, -0.25) is 4.79 Å². The van der Waals surface area contributed by atoms with Gasteiger partial charge in [0.1, 0.15) is 6.33 Å². The summed E-state index contributed by atoms with van der Waals surface area (Å²) in [6.45, 7) is 4.71. The van der Waals surface area contributed by atoms with E-state index in [2.05, 4.69) is 33.0 Å². The molecule has 5 nitrogen and oxygen atoms in total. The highest BCUT2D eigenvalue weighted by molar-refractivity contribution is 8.00. The van der Waals surface area contributed by atoms with Gasteiger partial charge >= 0.3 is 0 Å². The van der Waals surface area contributed by atoms with E-state index in [1.165, 1.54) is 22.2 Å². The third kappa shape index (κ3) is 4.93. The molecule has 1 aromatic carbocycles. The van der Waals surface area contributed by atoms with Crippen molar-refractivity contribution in [2.45, 2.75) is 37.2 Å². The van der Waals surface area contributed by atoms with E-state index >= 15 is 0 Å². The number of hydrogen-bond donors (Lipinski definition) is 1. The minimum Gasteiger partial charge on any atom is -0.325 e. The van der Waals surface area contributed by atoms with Gasteiger partial charge < -0.3 is 9.88 Å². The number of aryl methyl sites for hydroxylation is 3. The minimum absolute atomic E-state index is 0.0401. The maximum Gasteiger partial charge on any atom is 0.237 e. The molecule has 25 heavy (non-hydrogen) atoms. The van der Waals surface area contributed by atoms with Crippen molar-refractivity contribution < 1.29 is 4.79 Å². The van der Waals surface area contributed by atoms with Gasteiger partial charge in [-0.2, -0.15) is 0 Å². The first kappa shape index (κ1) is 17.7. The second-order valence-electron chi connectivity index (χ2n) is 5.75. The molecule has 1 N–H and O–H groups in total. The predicted molar refractivity (Wildman–Crippen MR) is 103 cm³/mol. The first-order valence-corrected chi connectivity index (χ1v) is 9.82. The molecule has 2 aromatic heterocycles. The van der Waals surface area contributed by atoms with E-state index in [0.29, 0.717) is 0 Å². The van der Waals surface area contributed by atoms with Crippen LogP contribution in [0.3, 0.4) is 0 Å². The Labute approximate surface area is 155 Å². The van der Waals surface area contributed by atoms with Crippen molar-refractivity contribution in [1.29, 1.82) is 0 Å². The molecule has 7 heteroatoms. The number of hydrogen-bond acceptors (Lipinski definition) is 5. The SMILES string of the molecule is Cc1ccc(NC(=O)[C@H](C)Sc2nncn2CCc2cccs2)cc1. The summed E-state index contributed by atoms with van der Waals surface area (Å²) >= 11 is 3.17. The van der Waals surface area contributed by atoms with Crippen LogP contribution in [0.4, 0.5) is 5.69 Å². The average Bonchev–Trinajstić information content (AvgIpc) is 3.26. The van der Waals surface area contributed by atoms with Crippen LogP contribution in [-0.4, -0.2) is 25.9 Å². The Morgan fingerprint density at radius 2 is 2.12 bits per heavy atom. The van der Waals surface area contributed by atoms with Crippen LogP contribution in [0, 0.1) is 6.92 Å². The quantitative estimate of drug-likeness (QED) is 0.637. The number of anilines is 1. The highest BCUT2D eigenvalue weighted by atomic mass is 32.2. The van der Waals surface area contributed by atoms with Crippen LogP contribution in [0.5, 0.6) is 0 Å². The molecule has 1 atom stereocenters. The van der Waals surface area contributed by atoms with Crippen LogP contribution in [0.25, 0.3) is 0 Å². The summed E-state index contributed by atoms with van der Waals surface area (Å²) in [5.74, 6) is -0.0401. The Balaban J connectivity index is 1.57. The number of thiophene rings is 1. The van der Waals surface area contributed by atoms with Gasteiger partial charge in [-0.15, -0.1) is 21.5 Å². The Hall–Kier alpha value is -2.12. The van der Waals surface area contributed by atoms with E-state index in [1.807, 2.05) is 42.7 Å². The molecular weight excluding hydrogens is 352 g/mol. The second-order valence-corrected chi connectivity index (χ2v) is 8.09. The highest BCUT2D eigenvalue weighted by Crippen LogP contribution is 2.23. The molecule has 3 rings (SSSR count). The monoisotopic (exact) mass is 372 g/mol. The third-order valence-corrected chi connectivity index (χ3v) is 5.76. The van der Waals surface area contributed by atoms with Crippen molar-refractivity contribution in [3.63, 3.8) is 0 Å². The van der Waals surface area contributed by atoms with Gasteiger partial charge in [0, 0.05) is 17.1 Å². The fourth-order valence-corrected chi connectivity index (χ4v) is 3.82. The average molecular weight is 373 g/mol. The predicted octanol–water partition coefficient (Wildman–Crippen LogP) is 4.01. The lowest BCUT2D eigenvalue weighted by Crippen LogP contribution is -2.23. The number of nitrogens with one attached hydrogen (secondary N) is 1. The van der Waals surface area contributed by atoms with Crippen molar-refractivity contribution in [2.24, 2.45) is 0 Å². The van der Waals surface area contributed by atoms with Crippen molar-refractivity contribution in [3.05, 3.63) is 58.5 Å². The van der Waals surface area contributed by atoms with Crippen molar-refractivity contribution >= 4 is 34.7 Å².